The maximum Gasteiger partial charge on any atom is 0.243 e. The van der Waals surface area contributed by atoms with E-state index in [-0.39, 0.29) is 24.3 Å². The summed E-state index contributed by atoms with van der Waals surface area (Å²) >= 11 is 5.11. The number of nitrogens with one attached hydrogen (secondary N) is 3. The van der Waals surface area contributed by atoms with Gasteiger partial charge in [0, 0.05) is 31.8 Å². The van der Waals surface area contributed by atoms with Gasteiger partial charge in [0.1, 0.15) is 0 Å². The number of amides is 2. The van der Waals surface area contributed by atoms with Crippen LogP contribution >= 0.6 is 12.2 Å². The first-order valence-electron chi connectivity index (χ1n) is 8.69. The number of nitrogens with zero attached hydrogens (tertiary/aromatic N) is 1. The van der Waals surface area contributed by atoms with Gasteiger partial charge in [-0.1, -0.05) is 19.1 Å². The number of anilines is 1. The molecule has 0 bridgehead atoms. The van der Waals surface area contributed by atoms with E-state index in [1.807, 2.05) is 31.2 Å². The summed E-state index contributed by atoms with van der Waals surface area (Å²) in [6.07, 6.45) is 1.13. The number of hydrogen-bond acceptors (Lipinski definition) is 4. The monoisotopic (exact) mass is 378 g/mol. The summed E-state index contributed by atoms with van der Waals surface area (Å²) in [7, 11) is 1.61. The molecule has 1 aromatic rings. The van der Waals surface area contributed by atoms with Gasteiger partial charge < -0.3 is 15.0 Å². The Bertz CT molecular complexity index is 650. The minimum atomic E-state index is -0.417. The van der Waals surface area contributed by atoms with Crippen molar-refractivity contribution in [2.24, 2.45) is 5.92 Å². The lowest BCUT2D eigenvalue weighted by Crippen LogP contribution is -2.51. The molecule has 7 nitrogen and oxygen atoms in total. The van der Waals surface area contributed by atoms with Crippen LogP contribution in [0.3, 0.4) is 0 Å². The number of ether oxygens (including phenoxy) is 1. The number of thiocarbonyl (C=S) groups is 1. The van der Waals surface area contributed by atoms with E-state index in [1.165, 1.54) is 5.56 Å². The van der Waals surface area contributed by atoms with E-state index in [4.69, 9.17) is 17.0 Å². The summed E-state index contributed by atoms with van der Waals surface area (Å²) in [5, 5.41) is 3.29. The molecule has 142 valence electrons. The fourth-order valence-electron chi connectivity index (χ4n) is 2.82. The molecule has 3 N–H and O–H groups in total. The fourth-order valence-corrected chi connectivity index (χ4v) is 3.07. The Kier molecular flexibility index (Phi) is 7.35. The van der Waals surface area contributed by atoms with E-state index in [0.29, 0.717) is 18.3 Å². The summed E-state index contributed by atoms with van der Waals surface area (Å²) in [6, 6.07) is 7.87. The van der Waals surface area contributed by atoms with Crippen molar-refractivity contribution in [3.05, 3.63) is 29.8 Å². The van der Waals surface area contributed by atoms with Crippen molar-refractivity contribution in [1.29, 1.82) is 0 Å². The molecular formula is C18H26N4O3S. The van der Waals surface area contributed by atoms with Crippen LogP contribution in [0.2, 0.25) is 0 Å². The van der Waals surface area contributed by atoms with Crippen LogP contribution in [0.15, 0.2) is 24.3 Å². The Morgan fingerprint density at radius 1 is 1.35 bits per heavy atom. The Morgan fingerprint density at radius 2 is 2.04 bits per heavy atom. The minimum absolute atomic E-state index is 0.0199. The van der Waals surface area contributed by atoms with Crippen molar-refractivity contribution in [2.75, 3.05) is 25.2 Å². The van der Waals surface area contributed by atoms with Crippen LogP contribution in [0.4, 0.5) is 5.69 Å². The zero-order valence-electron chi connectivity index (χ0n) is 15.4. The maximum atomic E-state index is 12.3. The molecule has 0 saturated carbocycles. The molecule has 2 atom stereocenters. The van der Waals surface area contributed by atoms with Crippen LogP contribution in [0.25, 0.3) is 0 Å². The lowest BCUT2D eigenvalue weighted by atomic mass is 10.1. The molecule has 0 aromatic heterocycles. The number of hydrazine groups is 1. The summed E-state index contributed by atoms with van der Waals surface area (Å²) in [6.45, 7) is 4.85. The van der Waals surface area contributed by atoms with Crippen molar-refractivity contribution >= 4 is 34.8 Å². The Labute approximate surface area is 159 Å². The molecule has 1 aromatic carbocycles. The lowest BCUT2D eigenvalue weighted by molar-refractivity contribution is -0.126. The largest absolute Gasteiger partial charge is 0.383 e. The molecule has 26 heavy (non-hydrogen) atoms. The number of carbonyl (C=O) groups is 2. The third-order valence-electron chi connectivity index (χ3n) is 4.25. The second kappa shape index (κ2) is 9.49. The van der Waals surface area contributed by atoms with Gasteiger partial charge in [-0.2, -0.15) is 0 Å². The van der Waals surface area contributed by atoms with Crippen LogP contribution in [0.1, 0.15) is 25.8 Å². The second-order valence-corrected chi connectivity index (χ2v) is 6.78. The average Bonchev–Trinajstić information content (AvgIpc) is 3.01. The molecule has 1 fully saturated rings. The molecule has 2 rings (SSSR count). The molecule has 0 radical (unpaired) electrons. The first kappa shape index (κ1) is 20.1. The molecule has 0 unspecified atom stereocenters. The Balaban J connectivity index is 1.85. The van der Waals surface area contributed by atoms with Gasteiger partial charge in [-0.15, -0.1) is 0 Å². The number of methoxy groups -OCH3 is 1. The molecule has 1 aliphatic heterocycles. The van der Waals surface area contributed by atoms with Crippen molar-refractivity contribution in [1.82, 2.24) is 16.2 Å². The molecular weight excluding hydrogens is 352 g/mol. The molecule has 8 heteroatoms. The van der Waals surface area contributed by atoms with Gasteiger partial charge in [0.05, 0.1) is 12.5 Å². The minimum Gasteiger partial charge on any atom is -0.383 e. The Hall–Kier alpha value is -2.19. The first-order chi connectivity index (χ1) is 12.4. The average molecular weight is 378 g/mol. The molecule has 1 heterocycles. The van der Waals surface area contributed by atoms with Gasteiger partial charge >= 0.3 is 0 Å². The summed E-state index contributed by atoms with van der Waals surface area (Å²) in [4.78, 5) is 26.2. The normalized spacial score (nSPS) is 17.7. The quantitative estimate of drug-likeness (QED) is 0.509. The zero-order chi connectivity index (χ0) is 19.1. The zero-order valence-corrected chi connectivity index (χ0v) is 16.2. The van der Waals surface area contributed by atoms with E-state index >= 15 is 0 Å². The van der Waals surface area contributed by atoms with Crippen molar-refractivity contribution < 1.29 is 14.3 Å². The van der Waals surface area contributed by atoms with Crippen LogP contribution in [0.5, 0.6) is 0 Å². The summed E-state index contributed by atoms with van der Waals surface area (Å²) in [5.41, 5.74) is 7.27. The van der Waals surface area contributed by atoms with Gasteiger partial charge in [0.25, 0.3) is 0 Å². The first-order valence-corrected chi connectivity index (χ1v) is 9.10. The van der Waals surface area contributed by atoms with Crippen LogP contribution < -0.4 is 21.1 Å². The van der Waals surface area contributed by atoms with Crippen molar-refractivity contribution in [2.45, 2.75) is 32.7 Å². The predicted molar refractivity (Wildman–Crippen MR) is 105 cm³/mol. The van der Waals surface area contributed by atoms with E-state index in [0.717, 1.165) is 12.1 Å². The van der Waals surface area contributed by atoms with E-state index in [9.17, 15) is 9.59 Å². The van der Waals surface area contributed by atoms with Gasteiger partial charge in [0.15, 0.2) is 5.11 Å². The molecule has 0 spiro atoms. The molecule has 1 saturated heterocycles. The van der Waals surface area contributed by atoms with Gasteiger partial charge in [-0.3, -0.25) is 20.4 Å². The number of carbonyl (C=O) groups excluding carboxylic acids is 2. The standard InChI is InChI=1S/C18H26N4O3S/c1-4-13-5-7-15(8-6-13)22-10-14(9-16(22)23)17(24)20-21-18(26)19-12(2)11-25-3/h5-8,12,14H,4,9-11H2,1-3H3,(H,20,24)(H2,19,21,26)/t12-,14-/m1/s1. The molecule has 0 aliphatic carbocycles. The highest BCUT2D eigenvalue weighted by Gasteiger charge is 2.35. The maximum absolute atomic E-state index is 12.3. The van der Waals surface area contributed by atoms with Crippen LogP contribution in [-0.4, -0.2) is 43.2 Å². The second-order valence-electron chi connectivity index (χ2n) is 6.37. The van der Waals surface area contributed by atoms with E-state index in [1.54, 1.807) is 12.0 Å². The number of benzene rings is 1. The predicted octanol–water partition coefficient (Wildman–Crippen LogP) is 1.13. The highest BCUT2D eigenvalue weighted by molar-refractivity contribution is 7.80. The highest BCUT2D eigenvalue weighted by atomic mass is 32.1. The lowest BCUT2D eigenvalue weighted by Gasteiger charge is -2.18. The number of hydrogen-bond donors (Lipinski definition) is 3. The van der Waals surface area contributed by atoms with Crippen molar-refractivity contribution in [3.63, 3.8) is 0 Å². The Morgan fingerprint density at radius 3 is 2.65 bits per heavy atom. The van der Waals surface area contributed by atoms with Gasteiger partial charge in [-0.05, 0) is 43.3 Å². The molecule has 1 aliphatic rings. The van der Waals surface area contributed by atoms with Crippen LogP contribution in [-0.2, 0) is 20.7 Å². The molecule has 2 amide bonds. The third kappa shape index (κ3) is 5.40. The fraction of sp³-hybridized carbons (Fsp3) is 0.500. The number of aryl methyl sites for hydroxylation is 1. The third-order valence-corrected chi connectivity index (χ3v) is 4.47. The SMILES string of the molecule is CCc1ccc(N2C[C@H](C(=O)NNC(=S)N[C@H](C)COC)CC2=O)cc1. The van der Waals surface area contributed by atoms with E-state index < -0.39 is 5.92 Å². The summed E-state index contributed by atoms with van der Waals surface area (Å²) < 4.78 is 5.01. The topological polar surface area (TPSA) is 82.7 Å². The summed E-state index contributed by atoms with van der Waals surface area (Å²) in [5.74, 6) is -0.724. The number of rotatable bonds is 6. The van der Waals surface area contributed by atoms with Gasteiger partial charge in [-0.25, -0.2) is 0 Å². The highest BCUT2D eigenvalue weighted by Crippen LogP contribution is 2.25. The van der Waals surface area contributed by atoms with Gasteiger partial charge in [0.2, 0.25) is 11.8 Å². The smallest absolute Gasteiger partial charge is 0.243 e. The van der Waals surface area contributed by atoms with E-state index in [2.05, 4.69) is 23.1 Å². The van der Waals surface area contributed by atoms with Crippen LogP contribution in [0, 0.1) is 5.92 Å². The van der Waals surface area contributed by atoms with Crippen molar-refractivity contribution in [3.8, 4) is 0 Å².